The molecule has 0 spiro atoms. The lowest BCUT2D eigenvalue weighted by atomic mass is 9.97. The van der Waals surface area contributed by atoms with Gasteiger partial charge in [0.05, 0.1) is 20.9 Å². The Bertz CT molecular complexity index is 997. The topological polar surface area (TPSA) is 29.0 Å². The van der Waals surface area contributed by atoms with Crippen LogP contribution in [-0.2, 0) is 6.54 Å². The third kappa shape index (κ3) is 3.68. The Hall–Kier alpha value is -2.08. The van der Waals surface area contributed by atoms with Gasteiger partial charge in [-0.3, -0.25) is 4.90 Å². The van der Waals surface area contributed by atoms with Crippen molar-refractivity contribution in [2.45, 2.75) is 25.3 Å². The first-order chi connectivity index (χ1) is 13.3. The fourth-order valence-corrected chi connectivity index (χ4v) is 5.68. The quantitative estimate of drug-likeness (QED) is 0.440. The minimum absolute atomic E-state index is 0.606. The van der Waals surface area contributed by atoms with E-state index < -0.39 is 0 Å². The van der Waals surface area contributed by atoms with Crippen LogP contribution in [0.25, 0.3) is 20.8 Å². The van der Waals surface area contributed by atoms with E-state index in [9.17, 15) is 0 Å². The second-order valence-corrected chi connectivity index (χ2v) is 9.00. The van der Waals surface area contributed by atoms with E-state index in [2.05, 4.69) is 58.8 Å². The Kier molecular flexibility index (Phi) is 4.74. The van der Waals surface area contributed by atoms with Gasteiger partial charge in [0.25, 0.3) is 0 Å². The number of likely N-dealkylation sites (tertiary alicyclic amines) is 1. The number of rotatable bonds is 4. The molecular formula is C22H21N3S2. The molecule has 1 aliphatic rings. The zero-order valence-corrected chi connectivity index (χ0v) is 16.7. The van der Waals surface area contributed by atoms with Crippen LogP contribution in [0.3, 0.4) is 0 Å². The van der Waals surface area contributed by atoms with Gasteiger partial charge in [0, 0.05) is 23.4 Å². The van der Waals surface area contributed by atoms with Crippen molar-refractivity contribution in [3.8, 4) is 10.6 Å². The molecule has 0 N–H and O–H groups in total. The summed E-state index contributed by atoms with van der Waals surface area (Å²) in [5.41, 5.74) is 3.55. The Morgan fingerprint density at radius 2 is 1.70 bits per heavy atom. The summed E-state index contributed by atoms with van der Waals surface area (Å²) in [4.78, 5) is 12.3. The van der Waals surface area contributed by atoms with Crippen molar-refractivity contribution in [2.75, 3.05) is 13.1 Å². The minimum Gasteiger partial charge on any atom is -0.297 e. The fraction of sp³-hybridized carbons (Fsp3) is 0.273. The van der Waals surface area contributed by atoms with Gasteiger partial charge >= 0.3 is 0 Å². The van der Waals surface area contributed by atoms with E-state index in [0.717, 1.165) is 30.2 Å². The predicted molar refractivity (Wildman–Crippen MR) is 114 cm³/mol. The largest absolute Gasteiger partial charge is 0.297 e. The van der Waals surface area contributed by atoms with Gasteiger partial charge in [-0.05, 0) is 38.1 Å². The van der Waals surface area contributed by atoms with E-state index in [0.29, 0.717) is 5.92 Å². The predicted octanol–water partition coefficient (Wildman–Crippen LogP) is 5.80. The third-order valence-corrected chi connectivity index (χ3v) is 7.34. The third-order valence-electron chi connectivity index (χ3n) is 5.21. The van der Waals surface area contributed by atoms with E-state index in [1.54, 1.807) is 11.3 Å². The van der Waals surface area contributed by atoms with Crippen molar-refractivity contribution in [3.63, 3.8) is 0 Å². The number of aromatic nitrogens is 2. The smallest absolute Gasteiger partial charge is 0.123 e. The van der Waals surface area contributed by atoms with Gasteiger partial charge < -0.3 is 0 Å². The van der Waals surface area contributed by atoms with Gasteiger partial charge in [-0.15, -0.1) is 22.7 Å². The van der Waals surface area contributed by atoms with E-state index in [-0.39, 0.29) is 0 Å². The number of thiazole rings is 2. The van der Waals surface area contributed by atoms with Gasteiger partial charge in [0.2, 0.25) is 0 Å². The number of piperidine rings is 1. The molecule has 0 amide bonds. The summed E-state index contributed by atoms with van der Waals surface area (Å²) >= 11 is 3.61. The van der Waals surface area contributed by atoms with E-state index >= 15 is 0 Å². The molecule has 0 bridgehead atoms. The van der Waals surface area contributed by atoms with Crippen LogP contribution in [-0.4, -0.2) is 28.0 Å². The summed E-state index contributed by atoms with van der Waals surface area (Å²) < 4.78 is 1.31. The molecule has 1 saturated heterocycles. The van der Waals surface area contributed by atoms with Crippen LogP contribution in [0.2, 0.25) is 0 Å². The monoisotopic (exact) mass is 391 g/mol. The lowest BCUT2D eigenvalue weighted by molar-refractivity contribution is 0.203. The lowest BCUT2D eigenvalue weighted by Gasteiger charge is -2.30. The number of benzene rings is 2. The maximum Gasteiger partial charge on any atom is 0.123 e. The maximum absolute atomic E-state index is 4.87. The van der Waals surface area contributed by atoms with Crippen molar-refractivity contribution in [3.05, 3.63) is 70.7 Å². The maximum atomic E-state index is 4.87. The molecule has 0 aliphatic carbocycles. The van der Waals surface area contributed by atoms with Crippen LogP contribution in [0, 0.1) is 0 Å². The van der Waals surface area contributed by atoms with Crippen LogP contribution >= 0.6 is 22.7 Å². The Labute approximate surface area is 167 Å². The van der Waals surface area contributed by atoms with Gasteiger partial charge in [0.15, 0.2) is 0 Å². The molecular weight excluding hydrogens is 370 g/mol. The molecule has 0 unspecified atom stereocenters. The molecule has 2 aromatic heterocycles. The number of para-hydroxylation sites is 1. The number of hydrogen-bond acceptors (Lipinski definition) is 5. The SMILES string of the molecule is c1ccc(-c2nc(CN3CCC(c4nc5ccccc5s4)CC3)cs2)cc1. The molecule has 3 heterocycles. The van der Waals surface area contributed by atoms with Crippen molar-refractivity contribution in [1.82, 2.24) is 14.9 Å². The van der Waals surface area contributed by atoms with Gasteiger partial charge in [0.1, 0.15) is 5.01 Å². The van der Waals surface area contributed by atoms with Crippen LogP contribution in [0.5, 0.6) is 0 Å². The van der Waals surface area contributed by atoms with Crippen molar-refractivity contribution in [2.24, 2.45) is 0 Å². The highest BCUT2D eigenvalue weighted by atomic mass is 32.1. The Balaban J connectivity index is 1.21. The first kappa shape index (κ1) is 17.0. The number of fused-ring (bicyclic) bond motifs is 1. The van der Waals surface area contributed by atoms with Crippen molar-refractivity contribution < 1.29 is 0 Å². The fourth-order valence-electron chi connectivity index (χ4n) is 3.72. The molecule has 3 nitrogen and oxygen atoms in total. The minimum atomic E-state index is 0.606. The molecule has 4 aromatic rings. The van der Waals surface area contributed by atoms with Gasteiger partial charge in [-0.2, -0.15) is 0 Å². The van der Waals surface area contributed by atoms with E-state index in [1.807, 2.05) is 17.4 Å². The average molecular weight is 392 g/mol. The molecule has 2 aromatic carbocycles. The molecule has 5 heteroatoms. The molecule has 0 saturated carbocycles. The number of hydrogen-bond donors (Lipinski definition) is 0. The van der Waals surface area contributed by atoms with E-state index in [4.69, 9.17) is 9.97 Å². The highest BCUT2D eigenvalue weighted by Gasteiger charge is 2.23. The van der Waals surface area contributed by atoms with Gasteiger partial charge in [-0.25, -0.2) is 9.97 Å². The summed E-state index contributed by atoms with van der Waals surface area (Å²) in [7, 11) is 0. The normalized spacial score (nSPS) is 16.1. The second-order valence-electron chi connectivity index (χ2n) is 7.08. The van der Waals surface area contributed by atoms with Crippen molar-refractivity contribution in [1.29, 1.82) is 0 Å². The summed E-state index contributed by atoms with van der Waals surface area (Å²) in [6.07, 6.45) is 2.38. The van der Waals surface area contributed by atoms with Gasteiger partial charge in [-0.1, -0.05) is 42.5 Å². The zero-order valence-electron chi connectivity index (χ0n) is 15.0. The van der Waals surface area contributed by atoms with Crippen LogP contribution < -0.4 is 0 Å². The summed E-state index contributed by atoms with van der Waals surface area (Å²) in [6, 6.07) is 18.9. The van der Waals surface area contributed by atoms with Crippen LogP contribution in [0.15, 0.2) is 60.0 Å². The first-order valence-corrected chi connectivity index (χ1v) is 11.1. The Morgan fingerprint density at radius 3 is 2.52 bits per heavy atom. The standard InChI is InChI=1S/C22H21N3S2/c1-2-6-16(7-3-1)21-23-18(15-26-21)14-25-12-10-17(11-13-25)22-24-19-8-4-5-9-20(19)27-22/h1-9,15,17H,10-14H2. The van der Waals surface area contributed by atoms with Crippen molar-refractivity contribution >= 4 is 32.9 Å². The molecule has 5 rings (SSSR count). The molecule has 27 heavy (non-hydrogen) atoms. The highest BCUT2D eigenvalue weighted by molar-refractivity contribution is 7.18. The summed E-state index contributed by atoms with van der Waals surface area (Å²) in [6.45, 7) is 3.20. The Morgan fingerprint density at radius 1 is 0.926 bits per heavy atom. The number of nitrogens with zero attached hydrogens (tertiary/aromatic N) is 3. The molecule has 0 radical (unpaired) electrons. The highest BCUT2D eigenvalue weighted by Crippen LogP contribution is 2.34. The second kappa shape index (κ2) is 7.50. The van der Waals surface area contributed by atoms with Crippen LogP contribution in [0.1, 0.15) is 29.5 Å². The van der Waals surface area contributed by atoms with E-state index in [1.165, 1.54) is 33.8 Å². The first-order valence-electron chi connectivity index (χ1n) is 9.43. The average Bonchev–Trinajstić information content (AvgIpc) is 3.36. The summed E-state index contributed by atoms with van der Waals surface area (Å²) in [5, 5.41) is 4.65. The zero-order chi connectivity index (χ0) is 18.1. The lowest BCUT2D eigenvalue weighted by Crippen LogP contribution is -2.32. The summed E-state index contributed by atoms with van der Waals surface area (Å²) in [5.74, 6) is 0.606. The molecule has 1 fully saturated rings. The molecule has 1 aliphatic heterocycles. The molecule has 0 atom stereocenters. The van der Waals surface area contributed by atoms with Crippen LogP contribution in [0.4, 0.5) is 0 Å². The molecule has 136 valence electrons.